The van der Waals surface area contributed by atoms with Gasteiger partial charge in [0.15, 0.2) is 4.32 Å². The molecule has 1 aliphatic heterocycles. The highest BCUT2D eigenvalue weighted by Gasteiger charge is 2.32. The smallest absolute Gasteiger partial charge is 0.286 e. The Morgan fingerprint density at radius 2 is 1.97 bits per heavy atom. The zero-order valence-electron chi connectivity index (χ0n) is 15.8. The minimum atomic E-state index is -0.596. The normalized spacial score (nSPS) is 15.3. The molecule has 1 N–H and O–H groups in total. The number of phenols is 1. The summed E-state index contributed by atoms with van der Waals surface area (Å²) in [4.78, 5) is 23.4. The average molecular weight is 445 g/mol. The minimum Gasteiger partial charge on any atom is -0.507 e. The molecule has 11 heteroatoms. The van der Waals surface area contributed by atoms with Gasteiger partial charge in [0, 0.05) is 29.3 Å². The maximum Gasteiger partial charge on any atom is 0.286 e. The summed E-state index contributed by atoms with van der Waals surface area (Å²) >= 11 is 6.27. The lowest BCUT2D eigenvalue weighted by atomic mass is 10.1. The summed E-state index contributed by atoms with van der Waals surface area (Å²) in [6, 6.07) is 8.66. The Balaban J connectivity index is 1.87. The van der Waals surface area contributed by atoms with Gasteiger partial charge in [0.2, 0.25) is 0 Å². The minimum absolute atomic E-state index is 0.0825. The number of ether oxygens (including phenoxy) is 2. The molecule has 1 aliphatic rings. The molecule has 0 aromatic heterocycles. The molecule has 9 nitrogen and oxygen atoms in total. The highest BCUT2D eigenvalue weighted by atomic mass is 32.2. The number of amides is 1. The predicted molar refractivity (Wildman–Crippen MR) is 117 cm³/mol. The second-order valence-corrected chi connectivity index (χ2v) is 7.52. The zero-order valence-corrected chi connectivity index (χ0v) is 17.4. The number of carbonyl (C=O) groups is 1. The first-order chi connectivity index (χ1) is 14.3. The topological polar surface area (TPSA) is 115 Å². The number of nitro benzene ring substituents is 1. The van der Waals surface area contributed by atoms with E-state index in [1.54, 1.807) is 24.3 Å². The molecule has 0 aliphatic carbocycles. The molecule has 30 heavy (non-hydrogen) atoms. The SMILES string of the molecule is COc1ccc(/C=C2\SC(=S)N(N=Cc3cc([N+](=O)[O-])ccc3O)C2=O)c(OC)c1. The van der Waals surface area contributed by atoms with E-state index in [1.165, 1.54) is 20.3 Å². The maximum absolute atomic E-state index is 12.7. The largest absolute Gasteiger partial charge is 0.507 e. The number of thiocarbonyl (C=S) groups is 1. The van der Waals surface area contributed by atoms with Crippen molar-refractivity contribution >= 4 is 52.2 Å². The summed E-state index contributed by atoms with van der Waals surface area (Å²) in [5.74, 6) is 0.444. The fourth-order valence-corrected chi connectivity index (χ4v) is 3.68. The number of aromatic hydroxyl groups is 1. The van der Waals surface area contributed by atoms with Crippen molar-refractivity contribution in [2.75, 3.05) is 14.2 Å². The van der Waals surface area contributed by atoms with Crippen LogP contribution in [-0.4, -0.2) is 45.7 Å². The molecule has 1 heterocycles. The molecule has 154 valence electrons. The van der Waals surface area contributed by atoms with Crippen LogP contribution in [0.15, 0.2) is 46.4 Å². The summed E-state index contributed by atoms with van der Waals surface area (Å²) in [5.41, 5.74) is 0.518. The highest BCUT2D eigenvalue weighted by molar-refractivity contribution is 8.26. The second kappa shape index (κ2) is 8.93. The number of hydrogen-bond acceptors (Lipinski definition) is 9. The number of carbonyl (C=O) groups excluding carboxylic acids is 1. The van der Waals surface area contributed by atoms with E-state index in [0.29, 0.717) is 22.0 Å². The average Bonchev–Trinajstić information content (AvgIpc) is 3.00. The van der Waals surface area contributed by atoms with Crippen molar-refractivity contribution in [2.24, 2.45) is 5.10 Å². The van der Waals surface area contributed by atoms with Gasteiger partial charge in [-0.05, 0) is 36.5 Å². The van der Waals surface area contributed by atoms with Crippen LogP contribution < -0.4 is 9.47 Å². The molecule has 2 aromatic rings. The van der Waals surface area contributed by atoms with Crippen LogP contribution in [0.1, 0.15) is 11.1 Å². The number of thioether (sulfide) groups is 1. The third kappa shape index (κ3) is 4.42. The first kappa shape index (κ1) is 21.3. The molecule has 1 amide bonds. The number of non-ortho nitro benzene ring substituents is 1. The molecular weight excluding hydrogens is 430 g/mol. The quantitative estimate of drug-likeness (QED) is 0.236. The van der Waals surface area contributed by atoms with Crippen LogP contribution in [0, 0.1) is 10.1 Å². The number of nitro groups is 1. The van der Waals surface area contributed by atoms with Crippen LogP contribution in [0.5, 0.6) is 17.2 Å². The molecule has 2 aromatic carbocycles. The van der Waals surface area contributed by atoms with Crippen molar-refractivity contribution in [2.45, 2.75) is 0 Å². The van der Waals surface area contributed by atoms with Crippen molar-refractivity contribution in [1.29, 1.82) is 0 Å². The van der Waals surface area contributed by atoms with Gasteiger partial charge in [-0.15, -0.1) is 0 Å². The number of benzene rings is 2. The fraction of sp³-hybridized carbons (Fsp3) is 0.105. The number of rotatable bonds is 6. The third-order valence-electron chi connectivity index (χ3n) is 4.03. The summed E-state index contributed by atoms with van der Waals surface area (Å²) in [7, 11) is 3.05. The van der Waals surface area contributed by atoms with Gasteiger partial charge in [-0.1, -0.05) is 11.8 Å². The van der Waals surface area contributed by atoms with Crippen molar-refractivity contribution < 1.29 is 24.3 Å². The highest BCUT2D eigenvalue weighted by Crippen LogP contribution is 2.35. The monoisotopic (exact) mass is 445 g/mol. The molecule has 0 radical (unpaired) electrons. The van der Waals surface area contributed by atoms with Gasteiger partial charge in [-0.3, -0.25) is 14.9 Å². The van der Waals surface area contributed by atoms with Gasteiger partial charge < -0.3 is 14.6 Å². The summed E-state index contributed by atoms with van der Waals surface area (Å²) in [6.45, 7) is 0. The first-order valence-corrected chi connectivity index (χ1v) is 9.58. The Morgan fingerprint density at radius 1 is 1.20 bits per heavy atom. The Hall–Kier alpha value is -3.44. The van der Waals surface area contributed by atoms with Gasteiger partial charge in [-0.25, -0.2) is 0 Å². The van der Waals surface area contributed by atoms with Crippen LogP contribution in [0.4, 0.5) is 5.69 Å². The lowest BCUT2D eigenvalue weighted by Crippen LogP contribution is -2.22. The summed E-state index contributed by atoms with van der Waals surface area (Å²) in [6.07, 6.45) is 2.77. The summed E-state index contributed by atoms with van der Waals surface area (Å²) < 4.78 is 10.7. The first-order valence-electron chi connectivity index (χ1n) is 8.35. The molecule has 0 atom stereocenters. The van der Waals surface area contributed by atoms with Crippen molar-refractivity contribution in [3.63, 3.8) is 0 Å². The van der Waals surface area contributed by atoms with Gasteiger partial charge in [0.25, 0.3) is 11.6 Å². The maximum atomic E-state index is 12.7. The molecule has 3 rings (SSSR count). The molecular formula is C19H15N3O6S2. The molecule has 0 saturated carbocycles. The number of methoxy groups -OCH3 is 2. The summed E-state index contributed by atoms with van der Waals surface area (Å²) in [5, 5.41) is 25.8. The van der Waals surface area contributed by atoms with E-state index >= 15 is 0 Å². The van der Waals surface area contributed by atoms with E-state index in [-0.39, 0.29) is 21.3 Å². The standard InChI is InChI=1S/C19H15N3O6S2/c1-27-14-5-3-11(16(9-14)28-2)8-17-18(24)21(19(29)30-17)20-10-12-7-13(22(25)26)4-6-15(12)23/h3-10,23H,1-2H3/b17-8-,20-10?. The van der Waals surface area contributed by atoms with Gasteiger partial charge in [0.05, 0.1) is 30.3 Å². The predicted octanol–water partition coefficient (Wildman–Crippen LogP) is 3.55. The Labute approximate surface area is 180 Å². The number of hydrazone groups is 1. The van der Waals surface area contributed by atoms with Gasteiger partial charge >= 0.3 is 0 Å². The third-order valence-corrected chi connectivity index (χ3v) is 5.32. The molecule has 0 unspecified atom stereocenters. The van der Waals surface area contributed by atoms with Crippen molar-refractivity contribution in [3.05, 3.63) is 62.5 Å². The van der Waals surface area contributed by atoms with E-state index in [9.17, 15) is 20.0 Å². The fourth-order valence-electron chi connectivity index (χ4n) is 2.52. The van der Waals surface area contributed by atoms with Crippen LogP contribution in [0.25, 0.3) is 6.08 Å². The van der Waals surface area contributed by atoms with Gasteiger partial charge in [0.1, 0.15) is 17.2 Å². The van der Waals surface area contributed by atoms with Crippen LogP contribution in [0.3, 0.4) is 0 Å². The van der Waals surface area contributed by atoms with E-state index in [1.807, 2.05) is 0 Å². The second-order valence-electron chi connectivity index (χ2n) is 5.85. The lowest BCUT2D eigenvalue weighted by molar-refractivity contribution is -0.384. The molecule has 1 fully saturated rings. The Kier molecular flexibility index (Phi) is 6.33. The number of phenolic OH excluding ortho intramolecular Hbond substituents is 1. The Morgan fingerprint density at radius 3 is 2.63 bits per heavy atom. The number of nitrogens with zero attached hydrogens (tertiary/aromatic N) is 3. The zero-order chi connectivity index (χ0) is 21.8. The molecule has 0 bridgehead atoms. The van der Waals surface area contributed by atoms with Crippen molar-refractivity contribution in [1.82, 2.24) is 5.01 Å². The van der Waals surface area contributed by atoms with E-state index in [4.69, 9.17) is 21.7 Å². The molecule has 1 saturated heterocycles. The lowest BCUT2D eigenvalue weighted by Gasteiger charge is -2.08. The Bertz CT molecular complexity index is 1100. The number of hydrogen-bond donors (Lipinski definition) is 1. The van der Waals surface area contributed by atoms with E-state index < -0.39 is 10.8 Å². The van der Waals surface area contributed by atoms with Crippen LogP contribution in [0.2, 0.25) is 0 Å². The van der Waals surface area contributed by atoms with Gasteiger partial charge in [-0.2, -0.15) is 10.1 Å². The van der Waals surface area contributed by atoms with E-state index in [2.05, 4.69) is 5.10 Å². The van der Waals surface area contributed by atoms with Crippen LogP contribution in [-0.2, 0) is 4.79 Å². The van der Waals surface area contributed by atoms with Crippen LogP contribution >= 0.6 is 24.0 Å². The van der Waals surface area contributed by atoms with Crippen molar-refractivity contribution in [3.8, 4) is 17.2 Å². The molecule has 0 spiro atoms. The van der Waals surface area contributed by atoms with E-state index in [0.717, 1.165) is 35.1 Å².